The molecule has 2 heteroatoms. The predicted octanol–water partition coefficient (Wildman–Crippen LogP) is 4.47. The molecular formula is C20H28O2. The van der Waals surface area contributed by atoms with Crippen LogP contribution in [0, 0.1) is 29.1 Å². The van der Waals surface area contributed by atoms with Gasteiger partial charge in [-0.2, -0.15) is 0 Å². The van der Waals surface area contributed by atoms with Crippen molar-refractivity contribution in [3.05, 3.63) is 23.8 Å². The summed E-state index contributed by atoms with van der Waals surface area (Å²) in [5.74, 6) is 3.12. The van der Waals surface area contributed by atoms with Gasteiger partial charge in [0.2, 0.25) is 0 Å². The van der Waals surface area contributed by atoms with Gasteiger partial charge in [0.05, 0.1) is 18.6 Å². The molecule has 4 aliphatic rings. The van der Waals surface area contributed by atoms with E-state index in [9.17, 15) is 0 Å². The van der Waals surface area contributed by atoms with E-state index in [0.717, 1.165) is 37.7 Å². The summed E-state index contributed by atoms with van der Waals surface area (Å²) in [4.78, 5) is 0. The molecule has 0 bridgehead atoms. The summed E-state index contributed by atoms with van der Waals surface area (Å²) in [6.07, 6.45) is 16.2. The average Bonchev–Trinajstić information content (AvgIpc) is 3.02. The van der Waals surface area contributed by atoms with Crippen LogP contribution >= 0.6 is 0 Å². The van der Waals surface area contributed by atoms with Gasteiger partial charge in [-0.3, -0.25) is 0 Å². The smallest absolute Gasteiger partial charge is 0.190 e. The summed E-state index contributed by atoms with van der Waals surface area (Å²) in [5, 5.41) is 0. The van der Waals surface area contributed by atoms with Crippen molar-refractivity contribution >= 4 is 0 Å². The highest BCUT2D eigenvalue weighted by atomic mass is 16.7. The van der Waals surface area contributed by atoms with E-state index >= 15 is 0 Å². The number of ether oxygens (including phenoxy) is 2. The van der Waals surface area contributed by atoms with Crippen LogP contribution in [0.4, 0.5) is 0 Å². The van der Waals surface area contributed by atoms with Gasteiger partial charge in [0.1, 0.15) is 0 Å². The van der Waals surface area contributed by atoms with Gasteiger partial charge in [0, 0.05) is 7.85 Å². The highest BCUT2D eigenvalue weighted by molar-refractivity contribution is 5.40. The van der Waals surface area contributed by atoms with E-state index < -0.39 is 5.79 Å². The summed E-state index contributed by atoms with van der Waals surface area (Å²) < 4.78 is 12.0. The zero-order chi connectivity index (χ0) is 15.4. The first-order valence-corrected chi connectivity index (χ1v) is 8.72. The Balaban J connectivity index is 0.00000156. The monoisotopic (exact) mass is 300 g/mol. The Hall–Kier alpha value is -1.04. The van der Waals surface area contributed by atoms with E-state index in [0.29, 0.717) is 19.1 Å². The van der Waals surface area contributed by atoms with Crippen LogP contribution in [-0.4, -0.2) is 19.0 Å². The van der Waals surface area contributed by atoms with Crippen molar-refractivity contribution in [2.45, 2.75) is 57.7 Å². The fraction of sp³-hybridized carbons (Fsp3) is 0.700. The summed E-state index contributed by atoms with van der Waals surface area (Å²) >= 11 is 0. The minimum atomic E-state index is -0.504. The molecule has 3 atom stereocenters. The normalized spacial score (nSPS) is 43.2. The van der Waals surface area contributed by atoms with Crippen molar-refractivity contribution in [3.63, 3.8) is 0 Å². The first-order valence-electron chi connectivity index (χ1n) is 8.72. The van der Waals surface area contributed by atoms with E-state index in [1.54, 1.807) is 0 Å². The lowest BCUT2D eigenvalue weighted by atomic mass is 9.47. The van der Waals surface area contributed by atoms with Crippen LogP contribution in [0.1, 0.15) is 53.3 Å². The molecule has 0 amide bonds. The van der Waals surface area contributed by atoms with Crippen LogP contribution in [0.3, 0.4) is 0 Å². The van der Waals surface area contributed by atoms with E-state index in [1.165, 1.54) is 18.4 Å². The number of fused-ring (bicyclic) bond motifs is 3. The van der Waals surface area contributed by atoms with Gasteiger partial charge in [-0.05, 0) is 61.0 Å². The Morgan fingerprint density at radius 1 is 1.27 bits per heavy atom. The molecule has 0 aromatic rings. The molecule has 2 nitrogen and oxygen atoms in total. The molecule has 3 aliphatic carbocycles. The summed E-state index contributed by atoms with van der Waals surface area (Å²) in [6, 6.07) is 0. The number of hydrogen-bond donors (Lipinski definition) is 0. The van der Waals surface area contributed by atoms with E-state index in [-0.39, 0.29) is 12.3 Å². The molecular weight excluding hydrogens is 272 g/mol. The van der Waals surface area contributed by atoms with Crippen LogP contribution < -0.4 is 0 Å². The second-order valence-corrected chi connectivity index (χ2v) is 7.72. The second-order valence-electron chi connectivity index (χ2n) is 7.72. The minimum Gasteiger partial charge on any atom is -0.344 e. The van der Waals surface area contributed by atoms with Crippen molar-refractivity contribution in [2.75, 3.05) is 13.2 Å². The first-order chi connectivity index (χ1) is 10.6. The van der Waals surface area contributed by atoms with E-state index in [2.05, 4.69) is 25.5 Å². The van der Waals surface area contributed by atoms with Crippen molar-refractivity contribution in [2.24, 2.45) is 16.7 Å². The van der Waals surface area contributed by atoms with Gasteiger partial charge in [0.25, 0.3) is 0 Å². The fourth-order valence-electron chi connectivity index (χ4n) is 5.64. The lowest BCUT2D eigenvalue weighted by molar-refractivity contribution is -0.163. The van der Waals surface area contributed by atoms with Crippen LogP contribution in [0.5, 0.6) is 0 Å². The lowest BCUT2D eigenvalue weighted by Crippen LogP contribution is -2.53. The van der Waals surface area contributed by atoms with Gasteiger partial charge in [-0.1, -0.05) is 25.5 Å². The first kappa shape index (κ1) is 14.5. The van der Waals surface area contributed by atoms with Crippen LogP contribution in [0.15, 0.2) is 23.8 Å². The molecule has 120 valence electrons. The molecule has 1 heterocycles. The van der Waals surface area contributed by atoms with Gasteiger partial charge >= 0.3 is 0 Å². The third-order valence-corrected chi connectivity index (χ3v) is 6.83. The second kappa shape index (κ2) is 4.73. The largest absolute Gasteiger partial charge is 0.344 e. The van der Waals surface area contributed by atoms with Crippen LogP contribution in [0.25, 0.3) is 0 Å². The molecule has 22 heavy (non-hydrogen) atoms. The third-order valence-electron chi connectivity index (χ3n) is 6.83. The summed E-state index contributed by atoms with van der Waals surface area (Å²) in [5.41, 5.74) is 2.84. The molecule has 0 aromatic carbocycles. The predicted molar refractivity (Wildman–Crippen MR) is 89.2 cm³/mol. The highest BCUT2D eigenvalue weighted by Gasteiger charge is 2.59. The highest BCUT2D eigenvalue weighted by Crippen LogP contribution is 2.65. The zero-order valence-corrected chi connectivity index (χ0v) is 13.6. The van der Waals surface area contributed by atoms with Gasteiger partial charge < -0.3 is 9.47 Å². The van der Waals surface area contributed by atoms with Crippen molar-refractivity contribution in [1.29, 1.82) is 0 Å². The number of hydrogen-bond acceptors (Lipinski definition) is 2. The zero-order valence-electron chi connectivity index (χ0n) is 13.6. The summed E-state index contributed by atoms with van der Waals surface area (Å²) in [6.45, 7) is 8.23. The minimum absolute atomic E-state index is 0. The molecule has 4 rings (SSSR count). The summed E-state index contributed by atoms with van der Waals surface area (Å²) in [7, 11) is 0. The molecule has 1 aliphatic heterocycles. The molecule has 0 N–H and O–H groups in total. The van der Waals surface area contributed by atoms with Gasteiger partial charge in [-0.15, -0.1) is 6.42 Å². The molecule has 2 saturated carbocycles. The van der Waals surface area contributed by atoms with Crippen LogP contribution in [0.2, 0.25) is 0 Å². The van der Waals surface area contributed by atoms with E-state index in [1.807, 2.05) is 0 Å². The molecule has 1 unspecified atom stereocenters. The Morgan fingerprint density at radius 3 is 2.77 bits per heavy atom. The average molecular weight is 300 g/mol. The molecule has 1 saturated heterocycles. The van der Waals surface area contributed by atoms with E-state index in [4.69, 9.17) is 15.9 Å². The van der Waals surface area contributed by atoms with Crippen molar-refractivity contribution < 1.29 is 10.9 Å². The fourth-order valence-corrected chi connectivity index (χ4v) is 5.64. The number of terminal acetylenes is 1. The van der Waals surface area contributed by atoms with Crippen molar-refractivity contribution in [3.8, 4) is 12.3 Å². The Kier molecular flexibility index (Phi) is 3.13. The standard InChI is InChI=1S/C20H26O2.H2/c1-4-19-9-6-5-7-17(19)18(3)11-12-20(21-13-14-22-20)15(2)16(18)8-10-19;/h1,7,16H,2,5-6,8-14H2,3H3;1H/t16?,18-,19+;/m0./s1. The molecule has 3 fully saturated rings. The third kappa shape index (κ3) is 1.70. The Labute approximate surface area is 135 Å². The van der Waals surface area contributed by atoms with Crippen LogP contribution in [-0.2, 0) is 9.47 Å². The quantitative estimate of drug-likeness (QED) is 0.485. The van der Waals surface area contributed by atoms with Gasteiger partial charge in [-0.25, -0.2) is 0 Å². The topological polar surface area (TPSA) is 18.5 Å². The molecule has 0 aromatic heterocycles. The lowest BCUT2D eigenvalue weighted by Gasteiger charge is -2.58. The SMILES string of the molecule is C#C[C@]12CCCC=C1[C@@]1(C)CCC3(OCCO3)C(=C)C1CC2.[HH]. The Bertz CT molecular complexity index is 581. The molecule has 0 radical (unpaired) electrons. The number of rotatable bonds is 0. The Morgan fingerprint density at radius 2 is 2.05 bits per heavy atom. The van der Waals surface area contributed by atoms with Gasteiger partial charge in [0.15, 0.2) is 5.79 Å². The number of allylic oxidation sites excluding steroid dienone is 2. The maximum atomic E-state index is 6.02. The maximum absolute atomic E-state index is 6.02. The molecule has 1 spiro atoms. The van der Waals surface area contributed by atoms with Crippen molar-refractivity contribution in [1.82, 2.24) is 0 Å². The maximum Gasteiger partial charge on any atom is 0.190 e.